The number of amides is 1. The molecule has 2 heterocycles. The summed E-state index contributed by atoms with van der Waals surface area (Å²) in [5.74, 6) is -0.267. The maximum absolute atomic E-state index is 12.8. The summed E-state index contributed by atoms with van der Waals surface area (Å²) in [6.07, 6.45) is 1.93. The molecule has 2 aromatic rings. The van der Waals surface area contributed by atoms with E-state index in [1.807, 2.05) is 18.2 Å². The van der Waals surface area contributed by atoms with Gasteiger partial charge in [-0.05, 0) is 36.9 Å². The monoisotopic (exact) mass is 381 g/mol. The van der Waals surface area contributed by atoms with E-state index in [4.69, 9.17) is 0 Å². The molecule has 1 saturated heterocycles. The first-order valence-corrected chi connectivity index (χ1v) is 9.56. The van der Waals surface area contributed by atoms with Crippen molar-refractivity contribution in [2.24, 2.45) is 0 Å². The lowest BCUT2D eigenvalue weighted by molar-refractivity contribution is -0.120. The summed E-state index contributed by atoms with van der Waals surface area (Å²) in [6, 6.07) is 10.7. The van der Waals surface area contributed by atoms with Gasteiger partial charge in [-0.25, -0.2) is 8.42 Å². The zero-order chi connectivity index (χ0) is 16.7. The van der Waals surface area contributed by atoms with E-state index < -0.39 is 10.0 Å². The van der Waals surface area contributed by atoms with E-state index in [9.17, 15) is 13.2 Å². The van der Waals surface area contributed by atoms with Crippen molar-refractivity contribution in [3.8, 4) is 0 Å². The number of piperidine rings is 1. The van der Waals surface area contributed by atoms with Gasteiger partial charge in [0.05, 0.1) is 10.6 Å². The molecule has 2 aliphatic rings. The summed E-state index contributed by atoms with van der Waals surface area (Å²) < 4.78 is 26.9. The van der Waals surface area contributed by atoms with Gasteiger partial charge < -0.3 is 10.6 Å². The number of rotatable bonds is 3. The Balaban J connectivity index is 0.00000182. The second-order valence-electron chi connectivity index (χ2n) is 6.25. The van der Waals surface area contributed by atoms with Crippen molar-refractivity contribution in [3.05, 3.63) is 36.4 Å². The van der Waals surface area contributed by atoms with Crippen LogP contribution < -0.4 is 14.9 Å². The molecule has 0 saturated carbocycles. The predicted molar refractivity (Wildman–Crippen MR) is 99.8 cm³/mol. The highest BCUT2D eigenvalue weighted by atomic mass is 35.5. The number of anilines is 1. The molecule has 0 aromatic heterocycles. The van der Waals surface area contributed by atoms with Crippen molar-refractivity contribution >= 4 is 44.8 Å². The molecule has 8 heteroatoms. The highest BCUT2D eigenvalue weighted by Crippen LogP contribution is 2.41. The first-order chi connectivity index (χ1) is 11.6. The molecule has 6 nitrogen and oxygen atoms in total. The quantitative estimate of drug-likeness (QED) is 0.847. The van der Waals surface area contributed by atoms with Gasteiger partial charge >= 0.3 is 0 Å². The van der Waals surface area contributed by atoms with Crippen LogP contribution in [0.2, 0.25) is 0 Å². The number of nitrogens with zero attached hydrogens (tertiary/aromatic N) is 1. The number of nitrogens with one attached hydrogen (secondary N) is 2. The summed E-state index contributed by atoms with van der Waals surface area (Å²) in [5.41, 5.74) is 0.583. The third kappa shape index (κ3) is 3.07. The van der Waals surface area contributed by atoms with E-state index in [1.165, 1.54) is 4.31 Å². The second kappa shape index (κ2) is 6.82. The fraction of sp³-hybridized carbons (Fsp3) is 0.353. The van der Waals surface area contributed by atoms with Crippen LogP contribution in [0.3, 0.4) is 0 Å². The Bertz CT molecular complexity index is 905. The van der Waals surface area contributed by atoms with E-state index in [2.05, 4.69) is 10.6 Å². The van der Waals surface area contributed by atoms with Crippen LogP contribution in [0, 0.1) is 0 Å². The lowest BCUT2D eigenvalue weighted by Gasteiger charge is -2.25. The maximum atomic E-state index is 12.8. The van der Waals surface area contributed by atoms with E-state index in [-0.39, 0.29) is 35.8 Å². The Morgan fingerprint density at radius 2 is 2.00 bits per heavy atom. The van der Waals surface area contributed by atoms with Crippen LogP contribution in [0.25, 0.3) is 10.8 Å². The molecule has 2 N–H and O–H groups in total. The molecule has 1 amide bonds. The first-order valence-electron chi connectivity index (χ1n) is 8.12. The van der Waals surface area contributed by atoms with Gasteiger partial charge in [-0.2, -0.15) is 0 Å². The summed E-state index contributed by atoms with van der Waals surface area (Å²) in [7, 11) is -3.68. The molecule has 0 unspecified atom stereocenters. The molecule has 4 rings (SSSR count). The Kier molecular flexibility index (Phi) is 4.90. The smallest absolute Gasteiger partial charge is 0.265 e. The zero-order valence-corrected chi connectivity index (χ0v) is 15.2. The molecule has 0 radical (unpaired) electrons. The molecule has 1 fully saturated rings. The standard InChI is InChI=1S/C17H19N3O3S.ClH/c21-16(19-13-6-3-9-18-10-13)11-20-14-7-1-4-12-5-2-8-15(17(12)14)24(20,22)23;/h1-2,4-5,7-8,13,18H,3,6,9-11H2,(H,19,21);1H/t13-;/m0./s1. The Morgan fingerprint density at radius 3 is 2.72 bits per heavy atom. The third-order valence-corrected chi connectivity index (χ3v) is 6.43. The molecule has 1 atom stereocenters. The Hall–Kier alpha value is -1.83. The first kappa shape index (κ1) is 18.0. The highest BCUT2D eigenvalue weighted by molar-refractivity contribution is 7.93. The minimum atomic E-state index is -3.68. The van der Waals surface area contributed by atoms with Gasteiger partial charge in [0.25, 0.3) is 10.0 Å². The number of carbonyl (C=O) groups is 1. The van der Waals surface area contributed by atoms with Gasteiger partial charge in [0, 0.05) is 18.0 Å². The summed E-state index contributed by atoms with van der Waals surface area (Å²) in [4.78, 5) is 12.7. The largest absolute Gasteiger partial charge is 0.351 e. The lowest BCUT2D eigenvalue weighted by Crippen LogP contribution is -2.49. The highest BCUT2D eigenvalue weighted by Gasteiger charge is 2.36. The van der Waals surface area contributed by atoms with Gasteiger partial charge in [-0.1, -0.05) is 24.3 Å². The minimum Gasteiger partial charge on any atom is -0.351 e. The normalized spacial score (nSPS) is 21.0. The van der Waals surface area contributed by atoms with Crippen LogP contribution in [0.5, 0.6) is 0 Å². The summed E-state index contributed by atoms with van der Waals surface area (Å²) in [6.45, 7) is 1.51. The SMILES string of the molecule is Cl.O=C(CN1c2cccc3cccc(c23)S1(=O)=O)N[C@H]1CCCNC1. The number of halogens is 1. The third-order valence-electron chi connectivity index (χ3n) is 4.63. The van der Waals surface area contributed by atoms with Crippen molar-refractivity contribution in [1.29, 1.82) is 0 Å². The average molecular weight is 382 g/mol. The molecule has 2 aliphatic heterocycles. The Morgan fingerprint density at radius 1 is 1.24 bits per heavy atom. The van der Waals surface area contributed by atoms with Gasteiger partial charge in [0.1, 0.15) is 6.54 Å². The van der Waals surface area contributed by atoms with Crippen molar-refractivity contribution < 1.29 is 13.2 Å². The fourth-order valence-electron chi connectivity index (χ4n) is 3.51. The van der Waals surface area contributed by atoms with Crippen LogP contribution in [-0.2, 0) is 14.8 Å². The molecule has 134 valence electrons. The van der Waals surface area contributed by atoms with Crippen molar-refractivity contribution in [1.82, 2.24) is 10.6 Å². The predicted octanol–water partition coefficient (Wildman–Crippen LogP) is 1.64. The Labute approximate surface area is 153 Å². The van der Waals surface area contributed by atoms with Crippen LogP contribution >= 0.6 is 12.4 Å². The summed E-state index contributed by atoms with van der Waals surface area (Å²) >= 11 is 0. The molecule has 0 aliphatic carbocycles. The molecule has 25 heavy (non-hydrogen) atoms. The molecular formula is C17H20ClN3O3S. The number of sulfonamides is 1. The zero-order valence-electron chi connectivity index (χ0n) is 13.6. The van der Waals surface area contributed by atoms with Gasteiger partial charge in [0.15, 0.2) is 0 Å². The molecule has 0 spiro atoms. The fourth-order valence-corrected chi connectivity index (χ4v) is 5.17. The number of hydrogen-bond acceptors (Lipinski definition) is 4. The maximum Gasteiger partial charge on any atom is 0.265 e. The topological polar surface area (TPSA) is 78.5 Å². The summed E-state index contributed by atoms with van der Waals surface area (Å²) in [5, 5.41) is 7.74. The van der Waals surface area contributed by atoms with Crippen LogP contribution in [0.4, 0.5) is 5.69 Å². The van der Waals surface area contributed by atoms with Crippen LogP contribution in [-0.4, -0.2) is 40.0 Å². The van der Waals surface area contributed by atoms with Crippen molar-refractivity contribution in [2.45, 2.75) is 23.8 Å². The average Bonchev–Trinajstić information content (AvgIpc) is 2.79. The van der Waals surface area contributed by atoms with Crippen LogP contribution in [0.1, 0.15) is 12.8 Å². The molecular weight excluding hydrogens is 362 g/mol. The van der Waals surface area contributed by atoms with Gasteiger partial charge in [0.2, 0.25) is 5.91 Å². The van der Waals surface area contributed by atoms with Gasteiger partial charge in [-0.15, -0.1) is 12.4 Å². The van der Waals surface area contributed by atoms with Gasteiger partial charge in [-0.3, -0.25) is 9.10 Å². The minimum absolute atomic E-state index is 0. The van der Waals surface area contributed by atoms with E-state index in [1.54, 1.807) is 18.2 Å². The van der Waals surface area contributed by atoms with Crippen LogP contribution in [0.15, 0.2) is 41.3 Å². The lowest BCUT2D eigenvalue weighted by atomic mass is 10.1. The number of benzene rings is 2. The molecule has 2 aromatic carbocycles. The number of hydrogen-bond donors (Lipinski definition) is 2. The van der Waals surface area contributed by atoms with Crippen molar-refractivity contribution in [2.75, 3.05) is 23.9 Å². The van der Waals surface area contributed by atoms with E-state index >= 15 is 0 Å². The van der Waals surface area contributed by atoms with Crippen molar-refractivity contribution in [3.63, 3.8) is 0 Å². The number of carbonyl (C=O) groups excluding carboxylic acids is 1. The van der Waals surface area contributed by atoms with E-state index in [0.717, 1.165) is 31.3 Å². The van der Waals surface area contributed by atoms with E-state index in [0.29, 0.717) is 11.1 Å². The molecule has 0 bridgehead atoms. The second-order valence-corrected chi connectivity index (χ2v) is 8.08.